The average molecular weight is 325 g/mol. The monoisotopic (exact) mass is 325 g/mol. The van der Waals surface area contributed by atoms with Gasteiger partial charge in [0.25, 0.3) is 0 Å². The van der Waals surface area contributed by atoms with E-state index in [0.29, 0.717) is 24.2 Å². The molecule has 2 heterocycles. The number of rotatable bonds is 6. The summed E-state index contributed by atoms with van der Waals surface area (Å²) in [6, 6.07) is 0.00542. The number of hydrogen-bond acceptors (Lipinski definition) is 4. The molecule has 0 spiro atoms. The van der Waals surface area contributed by atoms with Crippen molar-refractivity contribution in [3.05, 3.63) is 0 Å². The third kappa shape index (κ3) is 4.68. The van der Waals surface area contributed by atoms with Crippen LogP contribution in [0, 0.1) is 17.8 Å². The Balaban J connectivity index is 2.02. The molecule has 1 amide bonds. The maximum Gasteiger partial charge on any atom is 0.223 e. The number of carbonyl (C=O) groups is 1. The van der Waals surface area contributed by atoms with Gasteiger partial charge in [-0.1, -0.05) is 27.2 Å². The number of carbonyl (C=O) groups excluding carboxylic acids is 1. The van der Waals surface area contributed by atoms with Crippen molar-refractivity contribution in [1.29, 1.82) is 0 Å². The maximum atomic E-state index is 12.6. The molecule has 2 rings (SSSR count). The minimum Gasteiger partial charge on any atom is -0.394 e. The average Bonchev–Trinajstić information content (AvgIpc) is 2.86. The fraction of sp³-hybridized carbons (Fsp3) is 0.944. The molecule has 0 aliphatic carbocycles. The Morgan fingerprint density at radius 3 is 2.39 bits per heavy atom. The van der Waals surface area contributed by atoms with E-state index in [1.807, 2.05) is 4.90 Å². The second-order valence-electron chi connectivity index (χ2n) is 7.83. The maximum absolute atomic E-state index is 12.6. The molecule has 0 bridgehead atoms. The number of aliphatic hydroxyl groups is 1. The summed E-state index contributed by atoms with van der Waals surface area (Å²) in [5.41, 5.74) is 0. The quantitative estimate of drug-likeness (QED) is 0.795. The van der Waals surface area contributed by atoms with Crippen molar-refractivity contribution >= 4 is 5.91 Å². The van der Waals surface area contributed by atoms with Crippen LogP contribution in [0.25, 0.3) is 0 Å². The molecule has 0 saturated carbocycles. The molecule has 0 aromatic rings. The Bertz CT molecular complexity index is 380. The van der Waals surface area contributed by atoms with Crippen molar-refractivity contribution in [3.8, 4) is 0 Å². The van der Waals surface area contributed by atoms with Crippen LogP contribution in [0.3, 0.4) is 0 Å². The summed E-state index contributed by atoms with van der Waals surface area (Å²) < 4.78 is 0. The van der Waals surface area contributed by atoms with E-state index in [2.05, 4.69) is 37.6 Å². The number of aliphatic hydroxyl groups excluding tert-OH is 1. The van der Waals surface area contributed by atoms with E-state index < -0.39 is 0 Å². The molecule has 3 atom stereocenters. The number of amides is 1. The lowest BCUT2D eigenvalue weighted by molar-refractivity contribution is -0.134. The van der Waals surface area contributed by atoms with Crippen LogP contribution in [0.2, 0.25) is 0 Å². The summed E-state index contributed by atoms with van der Waals surface area (Å²) >= 11 is 0. The molecule has 2 aliphatic heterocycles. The molecule has 0 aromatic carbocycles. The van der Waals surface area contributed by atoms with Crippen LogP contribution in [-0.2, 0) is 4.79 Å². The summed E-state index contributed by atoms with van der Waals surface area (Å²) in [6.07, 6.45) is 1.68. The standard InChI is InChI=1S/C18H35N3O2/c1-5-15-11-21(18(23)10-14(2)3)17(13-22)16(15)12-20-8-6-19(4)7-9-20/h14-17,22H,5-13H2,1-4H3/t15-,16-,17-/m1/s1. The van der Waals surface area contributed by atoms with Gasteiger partial charge in [0, 0.05) is 45.7 Å². The van der Waals surface area contributed by atoms with Crippen molar-refractivity contribution in [2.75, 3.05) is 52.9 Å². The molecule has 134 valence electrons. The smallest absolute Gasteiger partial charge is 0.223 e. The van der Waals surface area contributed by atoms with Crippen LogP contribution in [-0.4, -0.2) is 84.7 Å². The topological polar surface area (TPSA) is 47.0 Å². The van der Waals surface area contributed by atoms with E-state index in [9.17, 15) is 9.90 Å². The first-order chi connectivity index (χ1) is 11.0. The third-order valence-electron chi connectivity index (χ3n) is 5.61. The third-order valence-corrected chi connectivity index (χ3v) is 5.61. The number of nitrogens with zero attached hydrogens (tertiary/aromatic N) is 3. The Kier molecular flexibility index (Phi) is 6.86. The van der Waals surface area contributed by atoms with Crippen LogP contribution in [0.15, 0.2) is 0 Å². The summed E-state index contributed by atoms with van der Waals surface area (Å²) in [6.45, 7) is 12.7. The highest BCUT2D eigenvalue weighted by molar-refractivity contribution is 5.77. The van der Waals surface area contributed by atoms with Crippen LogP contribution in [0.1, 0.15) is 33.6 Å². The van der Waals surface area contributed by atoms with Gasteiger partial charge in [0.05, 0.1) is 12.6 Å². The molecular formula is C18H35N3O2. The van der Waals surface area contributed by atoms with Crippen molar-refractivity contribution in [3.63, 3.8) is 0 Å². The highest BCUT2D eigenvalue weighted by atomic mass is 16.3. The van der Waals surface area contributed by atoms with Gasteiger partial charge in [0.2, 0.25) is 5.91 Å². The largest absolute Gasteiger partial charge is 0.394 e. The summed E-state index contributed by atoms with van der Waals surface area (Å²) in [5, 5.41) is 9.95. The SMILES string of the molecule is CC[C@@H]1CN(C(=O)CC(C)C)[C@H](CO)[C@@H]1CN1CCN(C)CC1. The van der Waals surface area contributed by atoms with Crippen LogP contribution in [0.4, 0.5) is 0 Å². The second kappa shape index (κ2) is 8.45. The van der Waals surface area contributed by atoms with Crippen LogP contribution >= 0.6 is 0 Å². The Labute approximate surface area is 141 Å². The van der Waals surface area contributed by atoms with Crippen LogP contribution in [0.5, 0.6) is 0 Å². The molecule has 23 heavy (non-hydrogen) atoms. The second-order valence-corrected chi connectivity index (χ2v) is 7.83. The van der Waals surface area contributed by atoms with E-state index >= 15 is 0 Å². The molecule has 0 radical (unpaired) electrons. The molecule has 5 nitrogen and oxygen atoms in total. The lowest BCUT2D eigenvalue weighted by atomic mass is 9.88. The van der Waals surface area contributed by atoms with E-state index in [1.54, 1.807) is 0 Å². The Morgan fingerprint density at radius 1 is 1.22 bits per heavy atom. The molecule has 2 fully saturated rings. The Morgan fingerprint density at radius 2 is 1.87 bits per heavy atom. The van der Waals surface area contributed by atoms with Crippen molar-refractivity contribution in [1.82, 2.24) is 14.7 Å². The number of piperazine rings is 1. The highest BCUT2D eigenvalue weighted by Crippen LogP contribution is 2.33. The van der Waals surface area contributed by atoms with Gasteiger partial charge in [0.15, 0.2) is 0 Å². The first kappa shape index (κ1) is 18.7. The zero-order valence-corrected chi connectivity index (χ0v) is 15.4. The van der Waals surface area contributed by atoms with Gasteiger partial charge in [0.1, 0.15) is 0 Å². The van der Waals surface area contributed by atoms with Gasteiger partial charge in [-0.3, -0.25) is 4.79 Å². The van der Waals surface area contributed by atoms with Crippen molar-refractivity contribution < 1.29 is 9.90 Å². The predicted octanol–water partition coefficient (Wildman–Crippen LogP) is 1.13. The first-order valence-corrected chi connectivity index (χ1v) is 9.27. The molecule has 2 aliphatic rings. The molecule has 5 heteroatoms. The molecular weight excluding hydrogens is 290 g/mol. The van der Waals surface area contributed by atoms with E-state index in [-0.39, 0.29) is 18.6 Å². The van der Waals surface area contributed by atoms with Gasteiger partial charge in [-0.2, -0.15) is 0 Å². The summed E-state index contributed by atoms with van der Waals surface area (Å²) in [4.78, 5) is 19.4. The van der Waals surface area contributed by atoms with Gasteiger partial charge in [-0.05, 0) is 24.8 Å². The first-order valence-electron chi connectivity index (χ1n) is 9.27. The molecule has 0 unspecified atom stereocenters. The summed E-state index contributed by atoms with van der Waals surface area (Å²) in [5.74, 6) is 1.52. The zero-order valence-electron chi connectivity index (χ0n) is 15.4. The van der Waals surface area contributed by atoms with Gasteiger partial charge >= 0.3 is 0 Å². The number of likely N-dealkylation sites (N-methyl/N-ethyl adjacent to an activating group) is 1. The Hall–Kier alpha value is -0.650. The van der Waals surface area contributed by atoms with Crippen LogP contribution < -0.4 is 0 Å². The fourth-order valence-corrected chi connectivity index (χ4v) is 4.09. The molecule has 2 saturated heterocycles. The van der Waals surface area contributed by atoms with Gasteiger partial charge in [-0.25, -0.2) is 0 Å². The lowest BCUT2D eigenvalue weighted by Gasteiger charge is -2.36. The highest BCUT2D eigenvalue weighted by Gasteiger charge is 2.43. The van der Waals surface area contributed by atoms with E-state index in [4.69, 9.17) is 0 Å². The minimum absolute atomic E-state index is 0.00542. The number of likely N-dealkylation sites (tertiary alicyclic amines) is 1. The van der Waals surface area contributed by atoms with Gasteiger partial charge in [-0.15, -0.1) is 0 Å². The zero-order chi connectivity index (χ0) is 17.0. The molecule has 0 aromatic heterocycles. The lowest BCUT2D eigenvalue weighted by Crippen LogP contribution is -2.49. The van der Waals surface area contributed by atoms with Crippen molar-refractivity contribution in [2.24, 2.45) is 17.8 Å². The summed E-state index contributed by atoms with van der Waals surface area (Å²) in [7, 11) is 2.17. The fourth-order valence-electron chi connectivity index (χ4n) is 4.09. The van der Waals surface area contributed by atoms with Crippen molar-refractivity contribution in [2.45, 2.75) is 39.7 Å². The van der Waals surface area contributed by atoms with E-state index in [0.717, 1.165) is 45.7 Å². The minimum atomic E-state index is 0.00542. The normalized spacial score (nSPS) is 30.3. The predicted molar refractivity (Wildman–Crippen MR) is 93.2 cm³/mol. The molecule has 1 N–H and O–H groups in total. The van der Waals surface area contributed by atoms with E-state index in [1.165, 1.54) is 0 Å². The van der Waals surface area contributed by atoms with Gasteiger partial charge < -0.3 is 19.8 Å². The number of hydrogen-bond donors (Lipinski definition) is 1.